The molecule has 136 valence electrons. The maximum absolute atomic E-state index is 13.0. The van der Waals surface area contributed by atoms with E-state index in [0.717, 1.165) is 5.56 Å². The predicted molar refractivity (Wildman–Crippen MR) is 105 cm³/mol. The third kappa shape index (κ3) is 3.36. The van der Waals surface area contributed by atoms with Crippen LogP contribution < -0.4 is 0 Å². The minimum atomic E-state index is -0.584. The Morgan fingerprint density at radius 2 is 1.35 bits per heavy atom. The molecule has 1 aliphatic heterocycles. The number of carbonyl (C=O) groups excluding carboxylic acids is 1. The molecule has 3 rings (SSSR count). The summed E-state index contributed by atoms with van der Waals surface area (Å²) in [6, 6.07) is 19.5. The maximum Gasteiger partial charge on any atom is 0.469 e. The molecule has 0 saturated carbocycles. The van der Waals surface area contributed by atoms with Gasteiger partial charge in [-0.1, -0.05) is 67.6 Å². The number of hydrogen-bond acceptors (Lipinski definition) is 3. The van der Waals surface area contributed by atoms with Gasteiger partial charge in [0, 0.05) is 17.3 Å². The molecule has 0 unspecified atom stereocenters. The van der Waals surface area contributed by atoms with Crippen LogP contribution in [0.1, 0.15) is 57.0 Å². The average molecular weight is 350 g/mol. The molecule has 26 heavy (non-hydrogen) atoms. The fourth-order valence-electron chi connectivity index (χ4n) is 3.30. The number of benzene rings is 2. The van der Waals surface area contributed by atoms with E-state index in [1.807, 2.05) is 88.4 Å². The van der Waals surface area contributed by atoms with Crippen LogP contribution in [0.15, 0.2) is 60.7 Å². The number of Topliss-reactive ketones (excluding diaryl/α,β-unsaturated/α-hetero) is 1. The Morgan fingerprint density at radius 1 is 0.885 bits per heavy atom. The van der Waals surface area contributed by atoms with Crippen molar-refractivity contribution in [3.05, 3.63) is 71.8 Å². The molecular formula is C22H27BO3. The molecule has 1 fully saturated rings. The normalized spacial score (nSPS) is 20.6. The van der Waals surface area contributed by atoms with Crippen molar-refractivity contribution in [2.45, 2.75) is 57.6 Å². The number of hydrogen-bond donors (Lipinski definition) is 0. The molecule has 2 aromatic carbocycles. The summed E-state index contributed by atoms with van der Waals surface area (Å²) in [5.74, 6) is 0.0895. The molecule has 3 nitrogen and oxygen atoms in total. The molecule has 2 aromatic rings. The van der Waals surface area contributed by atoms with E-state index in [9.17, 15) is 4.79 Å². The second kappa shape index (κ2) is 6.68. The van der Waals surface area contributed by atoms with Gasteiger partial charge in [-0.2, -0.15) is 0 Å². The average Bonchev–Trinajstić information content (AvgIpc) is 2.84. The van der Waals surface area contributed by atoms with Gasteiger partial charge in [0.1, 0.15) is 0 Å². The lowest BCUT2D eigenvalue weighted by atomic mass is 9.52. The van der Waals surface area contributed by atoms with E-state index in [0.29, 0.717) is 12.0 Å². The second-order valence-electron chi connectivity index (χ2n) is 8.34. The zero-order chi connectivity index (χ0) is 19.0. The summed E-state index contributed by atoms with van der Waals surface area (Å²) in [5.41, 5.74) is 0.876. The van der Waals surface area contributed by atoms with E-state index >= 15 is 0 Å². The van der Waals surface area contributed by atoms with Gasteiger partial charge in [-0.25, -0.2) is 0 Å². The minimum Gasteiger partial charge on any atom is -0.403 e. The Morgan fingerprint density at radius 3 is 1.85 bits per heavy atom. The topological polar surface area (TPSA) is 35.5 Å². The Balaban J connectivity index is 1.98. The molecule has 4 heteroatoms. The third-order valence-electron chi connectivity index (χ3n) is 5.83. The summed E-state index contributed by atoms with van der Waals surface area (Å²) in [6.07, 6.45) is 0.317. The van der Waals surface area contributed by atoms with Crippen LogP contribution in [0.3, 0.4) is 0 Å². The highest BCUT2D eigenvalue weighted by Gasteiger charge is 2.58. The van der Waals surface area contributed by atoms with Gasteiger partial charge in [0.05, 0.1) is 11.2 Å². The number of ketones is 1. The predicted octanol–water partition coefficient (Wildman–Crippen LogP) is 4.85. The minimum absolute atomic E-state index is 0.0895. The lowest BCUT2D eigenvalue weighted by Gasteiger charge is -2.32. The Kier molecular flexibility index (Phi) is 4.85. The first-order valence-corrected chi connectivity index (χ1v) is 9.15. The van der Waals surface area contributed by atoms with E-state index < -0.39 is 23.6 Å². The lowest BCUT2D eigenvalue weighted by Crippen LogP contribution is -2.45. The second-order valence-corrected chi connectivity index (χ2v) is 8.34. The smallest absolute Gasteiger partial charge is 0.403 e. The van der Waals surface area contributed by atoms with Gasteiger partial charge in [0.2, 0.25) is 0 Å². The molecule has 0 bridgehead atoms. The maximum atomic E-state index is 13.0. The van der Waals surface area contributed by atoms with Crippen molar-refractivity contribution in [1.82, 2.24) is 0 Å². The molecule has 0 radical (unpaired) electrons. The lowest BCUT2D eigenvalue weighted by molar-refractivity contribution is 0.00578. The van der Waals surface area contributed by atoms with Crippen molar-refractivity contribution in [2.24, 2.45) is 0 Å². The molecule has 1 aliphatic rings. The van der Waals surface area contributed by atoms with Crippen LogP contribution in [0.2, 0.25) is 0 Å². The molecular weight excluding hydrogens is 323 g/mol. The first-order chi connectivity index (χ1) is 12.2. The SMILES string of the molecule is CC1(C)OB([C@](C)(CC(=O)c2ccccc2)c2ccccc2)OC1(C)C. The third-order valence-corrected chi connectivity index (χ3v) is 5.83. The van der Waals surface area contributed by atoms with Gasteiger partial charge in [0.15, 0.2) is 5.78 Å². The molecule has 1 heterocycles. The molecule has 0 aromatic heterocycles. The van der Waals surface area contributed by atoms with Crippen LogP contribution in [0.5, 0.6) is 0 Å². The summed E-state index contributed by atoms with van der Waals surface area (Å²) < 4.78 is 12.7. The summed E-state index contributed by atoms with van der Waals surface area (Å²) >= 11 is 0. The van der Waals surface area contributed by atoms with Crippen LogP contribution in [-0.4, -0.2) is 24.1 Å². The molecule has 0 aliphatic carbocycles. The Bertz CT molecular complexity index is 754. The molecule has 0 N–H and O–H groups in total. The van der Waals surface area contributed by atoms with Crippen molar-refractivity contribution in [2.75, 3.05) is 0 Å². The summed E-state index contributed by atoms with van der Waals surface area (Å²) in [4.78, 5) is 13.0. The summed E-state index contributed by atoms with van der Waals surface area (Å²) in [6.45, 7) is 10.2. The number of carbonyl (C=O) groups is 1. The van der Waals surface area contributed by atoms with Gasteiger partial charge < -0.3 is 9.31 Å². The van der Waals surface area contributed by atoms with Crippen molar-refractivity contribution >= 4 is 12.9 Å². The summed E-state index contributed by atoms with van der Waals surface area (Å²) in [7, 11) is -0.498. The summed E-state index contributed by atoms with van der Waals surface area (Å²) in [5, 5.41) is -0.584. The Hall–Kier alpha value is -1.91. The standard InChI is InChI=1S/C22H27BO3/c1-20(2)21(3,4)26-23(25-20)22(5,18-14-10-7-11-15-18)16-19(24)17-12-8-6-9-13-17/h6-15H,16H2,1-5H3/t22-/m1/s1. The van der Waals surface area contributed by atoms with Gasteiger partial charge >= 0.3 is 7.12 Å². The van der Waals surface area contributed by atoms with Gasteiger partial charge in [-0.15, -0.1) is 0 Å². The highest BCUT2D eigenvalue weighted by Crippen LogP contribution is 2.44. The quantitative estimate of drug-likeness (QED) is 0.571. The number of rotatable bonds is 5. The van der Waals surface area contributed by atoms with Crippen LogP contribution >= 0.6 is 0 Å². The van der Waals surface area contributed by atoms with E-state index in [1.54, 1.807) is 0 Å². The first-order valence-electron chi connectivity index (χ1n) is 9.15. The van der Waals surface area contributed by atoms with Gasteiger partial charge in [-0.05, 0) is 33.3 Å². The van der Waals surface area contributed by atoms with Gasteiger partial charge in [0.25, 0.3) is 0 Å². The van der Waals surface area contributed by atoms with E-state index in [1.165, 1.54) is 0 Å². The monoisotopic (exact) mass is 350 g/mol. The highest BCUT2D eigenvalue weighted by atomic mass is 16.7. The van der Waals surface area contributed by atoms with Crippen molar-refractivity contribution in [1.29, 1.82) is 0 Å². The van der Waals surface area contributed by atoms with Gasteiger partial charge in [-0.3, -0.25) is 4.79 Å². The molecule has 1 atom stereocenters. The van der Waals surface area contributed by atoms with Crippen LogP contribution in [-0.2, 0) is 14.6 Å². The van der Waals surface area contributed by atoms with Crippen LogP contribution in [0.25, 0.3) is 0 Å². The zero-order valence-electron chi connectivity index (χ0n) is 16.3. The highest BCUT2D eigenvalue weighted by molar-refractivity contribution is 6.50. The van der Waals surface area contributed by atoms with E-state index in [4.69, 9.17) is 9.31 Å². The van der Waals surface area contributed by atoms with Crippen molar-refractivity contribution in [3.8, 4) is 0 Å². The van der Waals surface area contributed by atoms with Crippen molar-refractivity contribution < 1.29 is 14.1 Å². The largest absolute Gasteiger partial charge is 0.469 e. The van der Waals surface area contributed by atoms with Crippen LogP contribution in [0.4, 0.5) is 0 Å². The van der Waals surface area contributed by atoms with Crippen molar-refractivity contribution in [3.63, 3.8) is 0 Å². The molecule has 0 spiro atoms. The molecule has 1 saturated heterocycles. The van der Waals surface area contributed by atoms with E-state index in [2.05, 4.69) is 6.92 Å². The van der Waals surface area contributed by atoms with Crippen LogP contribution in [0, 0.1) is 0 Å². The zero-order valence-corrected chi connectivity index (χ0v) is 16.3. The fourth-order valence-corrected chi connectivity index (χ4v) is 3.30. The fraction of sp³-hybridized carbons (Fsp3) is 0.409. The Labute approximate surface area is 156 Å². The molecule has 0 amide bonds. The first kappa shape index (κ1) is 18.9. The van der Waals surface area contributed by atoms with E-state index in [-0.39, 0.29) is 5.78 Å².